The molecular formula is C15H28N2O3. The molecule has 3 atom stereocenters. The van der Waals surface area contributed by atoms with Gasteiger partial charge in [-0.15, -0.1) is 0 Å². The molecule has 0 aromatic heterocycles. The maximum Gasteiger partial charge on any atom is 0.317 e. The van der Waals surface area contributed by atoms with E-state index in [-0.39, 0.29) is 11.9 Å². The van der Waals surface area contributed by atoms with Gasteiger partial charge >= 0.3 is 12.0 Å². The van der Waals surface area contributed by atoms with Gasteiger partial charge in [0.1, 0.15) is 0 Å². The number of hydrogen-bond donors (Lipinski definition) is 2. The fourth-order valence-corrected chi connectivity index (χ4v) is 2.87. The van der Waals surface area contributed by atoms with Crippen LogP contribution in [0.5, 0.6) is 0 Å². The van der Waals surface area contributed by atoms with E-state index in [2.05, 4.69) is 12.2 Å². The molecule has 0 saturated heterocycles. The molecule has 1 saturated carbocycles. The van der Waals surface area contributed by atoms with Gasteiger partial charge in [-0.05, 0) is 31.6 Å². The standard InChI is InChI=1S/C15H28N2O3/c1-11-7-4-5-9-13(11)17(3)15(20)16-10-6-8-12(2)14(18)19/h11-13H,4-10H2,1-3H3,(H,16,20)(H,18,19). The minimum absolute atomic E-state index is 0.0354. The molecule has 20 heavy (non-hydrogen) atoms. The topological polar surface area (TPSA) is 69.6 Å². The van der Waals surface area contributed by atoms with Crippen LogP contribution in [0.25, 0.3) is 0 Å². The molecule has 1 rings (SSSR count). The number of nitrogens with one attached hydrogen (secondary N) is 1. The number of aliphatic carboxylic acids is 1. The summed E-state index contributed by atoms with van der Waals surface area (Å²) in [6, 6.07) is 0.299. The van der Waals surface area contributed by atoms with Crippen molar-refractivity contribution in [2.45, 2.75) is 58.4 Å². The quantitative estimate of drug-likeness (QED) is 0.737. The second-order valence-corrected chi connectivity index (χ2v) is 6.05. The van der Waals surface area contributed by atoms with E-state index in [4.69, 9.17) is 5.11 Å². The van der Waals surface area contributed by atoms with Crippen LogP contribution >= 0.6 is 0 Å². The third-order valence-corrected chi connectivity index (χ3v) is 4.40. The van der Waals surface area contributed by atoms with Gasteiger partial charge in [-0.25, -0.2) is 4.79 Å². The van der Waals surface area contributed by atoms with Gasteiger partial charge in [0.25, 0.3) is 0 Å². The van der Waals surface area contributed by atoms with Gasteiger partial charge in [0.2, 0.25) is 0 Å². The number of amides is 2. The molecule has 5 heteroatoms. The van der Waals surface area contributed by atoms with Crippen LogP contribution in [-0.2, 0) is 4.79 Å². The van der Waals surface area contributed by atoms with Gasteiger partial charge in [0.15, 0.2) is 0 Å². The van der Waals surface area contributed by atoms with E-state index in [1.165, 1.54) is 19.3 Å². The van der Waals surface area contributed by atoms with Crippen LogP contribution in [0.15, 0.2) is 0 Å². The molecule has 0 aromatic carbocycles. The van der Waals surface area contributed by atoms with Crippen molar-refractivity contribution in [1.82, 2.24) is 10.2 Å². The van der Waals surface area contributed by atoms with E-state index >= 15 is 0 Å². The van der Waals surface area contributed by atoms with Crippen LogP contribution in [0.2, 0.25) is 0 Å². The van der Waals surface area contributed by atoms with Crippen LogP contribution in [0, 0.1) is 11.8 Å². The first-order valence-corrected chi connectivity index (χ1v) is 7.67. The Morgan fingerprint density at radius 2 is 2.00 bits per heavy atom. The summed E-state index contributed by atoms with van der Waals surface area (Å²) in [5.41, 5.74) is 0. The van der Waals surface area contributed by atoms with Crippen molar-refractivity contribution in [2.24, 2.45) is 11.8 Å². The third kappa shape index (κ3) is 5.02. The third-order valence-electron chi connectivity index (χ3n) is 4.40. The Labute approximate surface area is 121 Å². The number of rotatable bonds is 6. The average Bonchev–Trinajstić information content (AvgIpc) is 2.42. The van der Waals surface area contributed by atoms with Gasteiger partial charge in [0, 0.05) is 19.6 Å². The van der Waals surface area contributed by atoms with Crippen LogP contribution in [0.1, 0.15) is 52.4 Å². The number of carboxylic acid groups (broad SMARTS) is 1. The Bertz CT molecular complexity index is 333. The van der Waals surface area contributed by atoms with Crippen molar-refractivity contribution in [3.05, 3.63) is 0 Å². The molecule has 1 aliphatic carbocycles. The van der Waals surface area contributed by atoms with Gasteiger partial charge in [-0.2, -0.15) is 0 Å². The lowest BCUT2D eigenvalue weighted by Gasteiger charge is -2.36. The summed E-state index contributed by atoms with van der Waals surface area (Å²) in [5, 5.41) is 11.7. The number of nitrogens with zero attached hydrogens (tertiary/aromatic N) is 1. The van der Waals surface area contributed by atoms with E-state index in [1.807, 2.05) is 11.9 Å². The normalized spacial score (nSPS) is 23.9. The summed E-state index contributed by atoms with van der Waals surface area (Å²) in [5.74, 6) is -0.556. The SMILES string of the molecule is CC(CCCNC(=O)N(C)C1CCCCC1C)C(=O)O. The number of carboxylic acids is 1. The second kappa shape index (κ2) is 8.12. The van der Waals surface area contributed by atoms with Gasteiger partial charge < -0.3 is 15.3 Å². The van der Waals surface area contributed by atoms with Crippen molar-refractivity contribution in [1.29, 1.82) is 0 Å². The molecule has 3 unspecified atom stereocenters. The molecule has 5 nitrogen and oxygen atoms in total. The molecule has 1 aliphatic rings. The van der Waals surface area contributed by atoms with Gasteiger partial charge in [-0.3, -0.25) is 4.79 Å². The first-order chi connectivity index (χ1) is 9.43. The Kier molecular flexibility index (Phi) is 6.82. The van der Waals surface area contributed by atoms with Crippen molar-refractivity contribution in [2.75, 3.05) is 13.6 Å². The highest BCUT2D eigenvalue weighted by Crippen LogP contribution is 2.27. The van der Waals surface area contributed by atoms with Gasteiger partial charge in [0.05, 0.1) is 5.92 Å². The molecule has 2 amide bonds. The van der Waals surface area contributed by atoms with E-state index in [0.29, 0.717) is 31.3 Å². The van der Waals surface area contributed by atoms with Gasteiger partial charge in [-0.1, -0.05) is 26.7 Å². The van der Waals surface area contributed by atoms with E-state index < -0.39 is 5.97 Å². The van der Waals surface area contributed by atoms with E-state index in [0.717, 1.165) is 6.42 Å². The van der Waals surface area contributed by atoms with Crippen molar-refractivity contribution in [3.8, 4) is 0 Å². The van der Waals surface area contributed by atoms with Crippen molar-refractivity contribution < 1.29 is 14.7 Å². The maximum absolute atomic E-state index is 12.1. The molecule has 0 aliphatic heterocycles. The molecule has 2 N–H and O–H groups in total. The summed E-state index contributed by atoms with van der Waals surface area (Å²) >= 11 is 0. The first-order valence-electron chi connectivity index (χ1n) is 7.67. The summed E-state index contributed by atoms with van der Waals surface area (Å²) in [6.45, 7) is 4.45. The van der Waals surface area contributed by atoms with Crippen LogP contribution in [0.4, 0.5) is 4.79 Å². The number of hydrogen-bond acceptors (Lipinski definition) is 2. The molecule has 0 bridgehead atoms. The van der Waals surface area contributed by atoms with E-state index in [1.54, 1.807) is 6.92 Å². The highest BCUT2D eigenvalue weighted by atomic mass is 16.4. The predicted molar refractivity (Wildman–Crippen MR) is 78.6 cm³/mol. The van der Waals surface area contributed by atoms with E-state index in [9.17, 15) is 9.59 Å². The van der Waals surface area contributed by atoms with Crippen LogP contribution < -0.4 is 5.32 Å². The van der Waals surface area contributed by atoms with Crippen molar-refractivity contribution >= 4 is 12.0 Å². The summed E-state index contributed by atoms with van der Waals surface area (Å²) < 4.78 is 0. The second-order valence-electron chi connectivity index (χ2n) is 6.05. The monoisotopic (exact) mass is 284 g/mol. The van der Waals surface area contributed by atoms with Crippen LogP contribution in [-0.4, -0.2) is 41.6 Å². The highest BCUT2D eigenvalue weighted by molar-refractivity contribution is 5.74. The Hall–Kier alpha value is -1.26. The molecule has 1 fully saturated rings. The summed E-state index contributed by atoms with van der Waals surface area (Å²) in [4.78, 5) is 24.6. The van der Waals surface area contributed by atoms with Crippen molar-refractivity contribution in [3.63, 3.8) is 0 Å². The minimum atomic E-state index is -0.774. The zero-order chi connectivity index (χ0) is 15.1. The largest absolute Gasteiger partial charge is 0.481 e. The number of carbonyl (C=O) groups is 2. The maximum atomic E-state index is 12.1. The molecule has 0 radical (unpaired) electrons. The zero-order valence-electron chi connectivity index (χ0n) is 12.9. The molecule has 0 aromatic rings. The summed E-state index contributed by atoms with van der Waals surface area (Å²) in [6.07, 6.45) is 6.04. The first kappa shape index (κ1) is 16.8. The molecule has 0 heterocycles. The summed E-state index contributed by atoms with van der Waals surface area (Å²) in [7, 11) is 1.86. The zero-order valence-corrected chi connectivity index (χ0v) is 12.9. The molecular weight excluding hydrogens is 256 g/mol. The Morgan fingerprint density at radius 3 is 2.60 bits per heavy atom. The number of urea groups is 1. The van der Waals surface area contributed by atoms with Crippen LogP contribution in [0.3, 0.4) is 0 Å². The lowest BCUT2D eigenvalue weighted by Crippen LogP contribution is -2.47. The lowest BCUT2D eigenvalue weighted by atomic mass is 9.85. The molecule has 0 spiro atoms. The minimum Gasteiger partial charge on any atom is -0.481 e. The molecule has 116 valence electrons. The fraction of sp³-hybridized carbons (Fsp3) is 0.867. The average molecular weight is 284 g/mol. The fourth-order valence-electron chi connectivity index (χ4n) is 2.87. The predicted octanol–water partition coefficient (Wildman–Crippen LogP) is 2.71. The Balaban J connectivity index is 2.26. The Morgan fingerprint density at radius 1 is 1.35 bits per heavy atom. The smallest absolute Gasteiger partial charge is 0.317 e. The number of carbonyl (C=O) groups excluding carboxylic acids is 1. The highest BCUT2D eigenvalue weighted by Gasteiger charge is 2.27. The lowest BCUT2D eigenvalue weighted by molar-refractivity contribution is -0.141.